The Bertz CT molecular complexity index is 324. The molecule has 1 aromatic heterocycles. The summed E-state index contributed by atoms with van der Waals surface area (Å²) in [5.41, 5.74) is 5.70. The van der Waals surface area contributed by atoms with Gasteiger partial charge < -0.3 is 16.0 Å². The van der Waals surface area contributed by atoms with Crippen LogP contribution in [-0.4, -0.2) is 36.6 Å². The van der Waals surface area contributed by atoms with Gasteiger partial charge in [0.05, 0.1) is 0 Å². The minimum absolute atomic E-state index is 0.241. The zero-order valence-electron chi connectivity index (χ0n) is 10.4. The standard InChI is InChI=1S/C11H21N5/c1-8(2)9(7-12)14-10-5-6-13-11(15-10)16(3)4/h5-6,8-9H,7,12H2,1-4H3,(H,13,14,15). The fraction of sp³-hybridized carbons (Fsp3) is 0.636. The summed E-state index contributed by atoms with van der Waals surface area (Å²) in [4.78, 5) is 10.4. The molecular weight excluding hydrogens is 202 g/mol. The summed E-state index contributed by atoms with van der Waals surface area (Å²) >= 11 is 0. The van der Waals surface area contributed by atoms with Crippen LogP contribution in [0.4, 0.5) is 11.8 Å². The number of nitrogens with one attached hydrogen (secondary N) is 1. The highest BCUT2D eigenvalue weighted by molar-refractivity contribution is 5.41. The van der Waals surface area contributed by atoms with Crippen LogP contribution in [0, 0.1) is 5.92 Å². The van der Waals surface area contributed by atoms with Crippen molar-refractivity contribution in [3.8, 4) is 0 Å². The second kappa shape index (κ2) is 5.65. The lowest BCUT2D eigenvalue weighted by Gasteiger charge is -2.21. The summed E-state index contributed by atoms with van der Waals surface area (Å²) in [5, 5.41) is 3.32. The van der Waals surface area contributed by atoms with E-state index in [0.29, 0.717) is 18.4 Å². The van der Waals surface area contributed by atoms with Crippen molar-refractivity contribution in [1.82, 2.24) is 9.97 Å². The maximum absolute atomic E-state index is 5.70. The van der Waals surface area contributed by atoms with E-state index in [1.807, 2.05) is 25.1 Å². The number of nitrogens with zero attached hydrogens (tertiary/aromatic N) is 3. The van der Waals surface area contributed by atoms with Crippen LogP contribution in [0.25, 0.3) is 0 Å². The lowest BCUT2D eigenvalue weighted by atomic mass is 10.1. The maximum Gasteiger partial charge on any atom is 0.226 e. The van der Waals surface area contributed by atoms with Gasteiger partial charge >= 0.3 is 0 Å². The average Bonchev–Trinajstić information content (AvgIpc) is 2.25. The number of rotatable bonds is 5. The number of hydrogen-bond donors (Lipinski definition) is 2. The highest BCUT2D eigenvalue weighted by atomic mass is 15.2. The van der Waals surface area contributed by atoms with Gasteiger partial charge in [0.15, 0.2) is 0 Å². The van der Waals surface area contributed by atoms with E-state index in [0.717, 1.165) is 5.82 Å². The summed E-state index contributed by atoms with van der Waals surface area (Å²) < 4.78 is 0. The van der Waals surface area contributed by atoms with Crippen LogP contribution < -0.4 is 16.0 Å². The van der Waals surface area contributed by atoms with Gasteiger partial charge in [-0.3, -0.25) is 0 Å². The lowest BCUT2D eigenvalue weighted by Crippen LogP contribution is -2.34. The van der Waals surface area contributed by atoms with Crippen molar-refractivity contribution in [2.24, 2.45) is 11.7 Å². The Balaban J connectivity index is 2.76. The van der Waals surface area contributed by atoms with Crippen molar-refractivity contribution < 1.29 is 0 Å². The molecule has 0 radical (unpaired) electrons. The van der Waals surface area contributed by atoms with Crippen LogP contribution in [0.1, 0.15) is 13.8 Å². The molecule has 1 unspecified atom stereocenters. The third-order valence-corrected chi connectivity index (χ3v) is 2.43. The van der Waals surface area contributed by atoms with Crippen LogP contribution >= 0.6 is 0 Å². The summed E-state index contributed by atoms with van der Waals surface area (Å²) in [5.74, 6) is 2.00. The molecule has 3 N–H and O–H groups in total. The lowest BCUT2D eigenvalue weighted by molar-refractivity contribution is 0.530. The Labute approximate surface area is 97.1 Å². The van der Waals surface area contributed by atoms with Gasteiger partial charge in [0.25, 0.3) is 0 Å². The van der Waals surface area contributed by atoms with Gasteiger partial charge in [0.2, 0.25) is 5.95 Å². The predicted molar refractivity (Wildman–Crippen MR) is 67.7 cm³/mol. The zero-order valence-corrected chi connectivity index (χ0v) is 10.4. The van der Waals surface area contributed by atoms with Crippen LogP contribution in [0.5, 0.6) is 0 Å². The van der Waals surface area contributed by atoms with E-state index in [1.54, 1.807) is 6.20 Å². The first kappa shape index (κ1) is 12.7. The van der Waals surface area contributed by atoms with Crippen LogP contribution in [0.3, 0.4) is 0 Å². The molecule has 90 valence electrons. The van der Waals surface area contributed by atoms with E-state index in [4.69, 9.17) is 5.73 Å². The van der Waals surface area contributed by atoms with Gasteiger partial charge in [-0.2, -0.15) is 4.98 Å². The predicted octanol–water partition coefficient (Wildman–Crippen LogP) is 0.938. The first-order valence-corrected chi connectivity index (χ1v) is 5.51. The molecule has 0 amide bonds. The first-order valence-electron chi connectivity index (χ1n) is 5.51. The van der Waals surface area contributed by atoms with Gasteiger partial charge in [-0.15, -0.1) is 0 Å². The zero-order chi connectivity index (χ0) is 12.1. The number of nitrogens with two attached hydrogens (primary N) is 1. The van der Waals surface area contributed by atoms with Gasteiger partial charge in [0.1, 0.15) is 5.82 Å². The van der Waals surface area contributed by atoms with Crippen molar-refractivity contribution in [2.45, 2.75) is 19.9 Å². The number of aromatic nitrogens is 2. The quantitative estimate of drug-likeness (QED) is 0.777. The van der Waals surface area contributed by atoms with Crippen molar-refractivity contribution in [3.63, 3.8) is 0 Å². The molecule has 0 saturated carbocycles. The summed E-state index contributed by atoms with van der Waals surface area (Å²) in [7, 11) is 3.84. The molecule has 0 saturated heterocycles. The van der Waals surface area contributed by atoms with E-state index in [1.165, 1.54) is 0 Å². The van der Waals surface area contributed by atoms with E-state index < -0.39 is 0 Å². The fourth-order valence-electron chi connectivity index (χ4n) is 1.33. The molecule has 0 aliphatic heterocycles. The van der Waals surface area contributed by atoms with Crippen LogP contribution in [-0.2, 0) is 0 Å². The minimum atomic E-state index is 0.241. The van der Waals surface area contributed by atoms with Crippen molar-refractivity contribution in [1.29, 1.82) is 0 Å². The van der Waals surface area contributed by atoms with Crippen LogP contribution in [0.2, 0.25) is 0 Å². The molecule has 0 fully saturated rings. The Morgan fingerprint density at radius 2 is 2.12 bits per heavy atom. The smallest absolute Gasteiger partial charge is 0.226 e. The fourth-order valence-corrected chi connectivity index (χ4v) is 1.33. The van der Waals surface area contributed by atoms with Crippen LogP contribution in [0.15, 0.2) is 12.3 Å². The molecular formula is C11H21N5. The molecule has 0 aliphatic carbocycles. The molecule has 0 aliphatic rings. The van der Waals surface area contributed by atoms with Crippen molar-refractivity contribution >= 4 is 11.8 Å². The van der Waals surface area contributed by atoms with E-state index >= 15 is 0 Å². The third kappa shape index (κ3) is 3.34. The molecule has 1 aromatic rings. The molecule has 5 nitrogen and oxygen atoms in total. The van der Waals surface area contributed by atoms with Gasteiger partial charge in [0, 0.05) is 32.9 Å². The second-order valence-electron chi connectivity index (χ2n) is 4.37. The Morgan fingerprint density at radius 3 is 2.62 bits per heavy atom. The number of hydrogen-bond acceptors (Lipinski definition) is 5. The third-order valence-electron chi connectivity index (χ3n) is 2.43. The first-order chi connectivity index (χ1) is 7.54. The van der Waals surface area contributed by atoms with Gasteiger partial charge in [-0.25, -0.2) is 4.98 Å². The van der Waals surface area contributed by atoms with E-state index in [-0.39, 0.29) is 6.04 Å². The summed E-state index contributed by atoms with van der Waals surface area (Å²) in [6.07, 6.45) is 1.75. The molecule has 1 rings (SSSR count). The molecule has 1 atom stereocenters. The molecule has 5 heteroatoms. The topological polar surface area (TPSA) is 67.1 Å². The van der Waals surface area contributed by atoms with Crippen molar-refractivity contribution in [3.05, 3.63) is 12.3 Å². The Hall–Kier alpha value is -1.36. The van der Waals surface area contributed by atoms with Gasteiger partial charge in [-0.1, -0.05) is 13.8 Å². The average molecular weight is 223 g/mol. The van der Waals surface area contributed by atoms with Crippen molar-refractivity contribution in [2.75, 3.05) is 30.9 Å². The second-order valence-corrected chi connectivity index (χ2v) is 4.37. The monoisotopic (exact) mass is 223 g/mol. The molecule has 0 bridgehead atoms. The van der Waals surface area contributed by atoms with Gasteiger partial charge in [-0.05, 0) is 12.0 Å². The SMILES string of the molecule is CC(C)C(CN)Nc1ccnc(N(C)C)n1. The summed E-state index contributed by atoms with van der Waals surface area (Å²) in [6.45, 7) is 4.87. The minimum Gasteiger partial charge on any atom is -0.366 e. The normalized spacial score (nSPS) is 12.6. The van der Waals surface area contributed by atoms with E-state index in [9.17, 15) is 0 Å². The molecule has 0 aromatic carbocycles. The molecule has 1 heterocycles. The highest BCUT2D eigenvalue weighted by Crippen LogP contribution is 2.11. The Morgan fingerprint density at radius 1 is 1.44 bits per heavy atom. The summed E-state index contributed by atoms with van der Waals surface area (Å²) in [6, 6.07) is 2.10. The molecule has 0 spiro atoms. The maximum atomic E-state index is 5.70. The number of anilines is 2. The Kier molecular flexibility index (Phi) is 4.49. The molecule has 16 heavy (non-hydrogen) atoms. The largest absolute Gasteiger partial charge is 0.366 e. The highest BCUT2D eigenvalue weighted by Gasteiger charge is 2.12. The van der Waals surface area contributed by atoms with E-state index in [2.05, 4.69) is 29.1 Å².